The third-order valence-electron chi connectivity index (χ3n) is 5.69. The molecule has 1 saturated heterocycles. The lowest BCUT2D eigenvalue weighted by Gasteiger charge is -2.24. The molecule has 2 aromatic heterocycles. The fourth-order valence-electron chi connectivity index (χ4n) is 4.49. The van der Waals surface area contributed by atoms with E-state index in [1.54, 1.807) is 0 Å². The first-order valence-corrected chi connectivity index (χ1v) is 9.70. The van der Waals surface area contributed by atoms with Gasteiger partial charge in [-0.3, -0.25) is 9.79 Å². The molecule has 4 aromatic rings. The maximum atomic E-state index is 13.1. The molecule has 27 heavy (non-hydrogen) atoms. The third kappa shape index (κ3) is 2.46. The second kappa shape index (κ2) is 6.43. The Kier molecular flexibility index (Phi) is 3.90. The second-order valence-electron chi connectivity index (χ2n) is 7.21. The number of benzene rings is 2. The van der Waals surface area contributed by atoms with Crippen molar-refractivity contribution in [3.8, 4) is 0 Å². The summed E-state index contributed by atoms with van der Waals surface area (Å²) in [6.45, 7) is 4.76. The van der Waals surface area contributed by atoms with Gasteiger partial charge in [0.05, 0.1) is 11.0 Å². The number of hydrogen-bond acceptors (Lipinski definition) is 4. The largest absolute Gasteiger partial charge is 0.358 e. The topological polar surface area (TPSA) is 70.1 Å². The van der Waals surface area contributed by atoms with Crippen LogP contribution in [0.1, 0.15) is 31.2 Å². The number of piperidine rings is 1. The predicted molar refractivity (Wildman–Crippen MR) is 110 cm³/mol. The molecule has 136 valence electrons. The Labute approximate surface area is 156 Å². The minimum atomic E-state index is 0.0435. The first-order chi connectivity index (χ1) is 13.3. The van der Waals surface area contributed by atoms with Gasteiger partial charge in [0.25, 0.3) is 0 Å². The first kappa shape index (κ1) is 16.4. The fourth-order valence-corrected chi connectivity index (χ4v) is 4.49. The number of pyridine rings is 2. The van der Waals surface area contributed by atoms with Crippen LogP contribution in [-0.4, -0.2) is 29.6 Å². The molecule has 2 aromatic carbocycles. The lowest BCUT2D eigenvalue weighted by atomic mass is 9.87. The van der Waals surface area contributed by atoms with Crippen molar-refractivity contribution >= 4 is 32.6 Å². The summed E-state index contributed by atoms with van der Waals surface area (Å²) in [4.78, 5) is 26.1. The van der Waals surface area contributed by atoms with Crippen LogP contribution < -0.4 is 16.2 Å². The molecule has 0 radical (unpaired) electrons. The molecule has 0 atom stereocenters. The van der Waals surface area contributed by atoms with Gasteiger partial charge in [-0.15, -0.1) is 0 Å². The number of rotatable bonds is 2. The number of fused-ring (bicyclic) bond motifs is 2. The zero-order chi connectivity index (χ0) is 18.4. The zero-order valence-electron chi connectivity index (χ0n) is 15.4. The smallest absolute Gasteiger partial charge is 0.210 e. The number of nitrogens with one attached hydrogen (secondary N) is 2. The molecule has 3 heterocycles. The quantitative estimate of drug-likeness (QED) is 0.427. The summed E-state index contributed by atoms with van der Waals surface area (Å²) in [5.41, 5.74) is 3.61. The van der Waals surface area contributed by atoms with Crippen LogP contribution in [0.4, 0.5) is 0 Å². The van der Waals surface area contributed by atoms with Gasteiger partial charge in [0.15, 0.2) is 5.49 Å². The molecule has 2 N–H and O–H groups in total. The maximum absolute atomic E-state index is 13.1. The van der Waals surface area contributed by atoms with E-state index in [1.165, 1.54) is 5.56 Å². The number of nitrogens with zero attached hydrogens (tertiary/aromatic N) is 2. The molecule has 0 spiro atoms. The summed E-state index contributed by atoms with van der Waals surface area (Å²) >= 11 is 0. The SMILES string of the molecule is CCN=c1nc2c3ccccc3c(=O)c3[nH]ccc(c1C1CCNCC1)c32. The van der Waals surface area contributed by atoms with E-state index in [9.17, 15) is 4.79 Å². The van der Waals surface area contributed by atoms with Crippen LogP contribution in [-0.2, 0) is 0 Å². The summed E-state index contributed by atoms with van der Waals surface area (Å²) < 4.78 is 0. The van der Waals surface area contributed by atoms with Crippen LogP contribution in [0.5, 0.6) is 0 Å². The Hall–Kier alpha value is -2.79. The molecule has 5 heteroatoms. The van der Waals surface area contributed by atoms with Crippen molar-refractivity contribution in [2.75, 3.05) is 19.6 Å². The summed E-state index contributed by atoms with van der Waals surface area (Å²) in [7, 11) is 0. The highest BCUT2D eigenvalue weighted by atomic mass is 16.1. The van der Waals surface area contributed by atoms with Crippen molar-refractivity contribution in [3.05, 3.63) is 57.8 Å². The molecule has 1 aliphatic heterocycles. The molecule has 0 amide bonds. The number of aromatic nitrogens is 2. The summed E-state index contributed by atoms with van der Waals surface area (Å²) in [6.07, 6.45) is 4.02. The van der Waals surface area contributed by atoms with E-state index in [0.717, 1.165) is 53.1 Å². The van der Waals surface area contributed by atoms with E-state index in [-0.39, 0.29) is 5.43 Å². The summed E-state index contributed by atoms with van der Waals surface area (Å²) in [6, 6.07) is 9.84. The Bertz CT molecular complexity index is 1270. The Morgan fingerprint density at radius 3 is 2.67 bits per heavy atom. The highest BCUT2D eigenvalue weighted by Gasteiger charge is 2.23. The molecule has 0 bridgehead atoms. The Balaban J connectivity index is 2.01. The van der Waals surface area contributed by atoms with Gasteiger partial charge < -0.3 is 10.3 Å². The number of H-pyrrole nitrogens is 1. The molecule has 5 rings (SSSR count). The lowest BCUT2D eigenvalue weighted by molar-refractivity contribution is 0.459. The second-order valence-corrected chi connectivity index (χ2v) is 7.21. The van der Waals surface area contributed by atoms with Gasteiger partial charge in [-0.05, 0) is 50.2 Å². The normalized spacial score (nSPS) is 16.7. The van der Waals surface area contributed by atoms with Crippen molar-refractivity contribution in [2.45, 2.75) is 25.7 Å². The van der Waals surface area contributed by atoms with Gasteiger partial charge in [0, 0.05) is 34.5 Å². The van der Waals surface area contributed by atoms with Crippen molar-refractivity contribution in [2.24, 2.45) is 4.99 Å². The molecule has 0 unspecified atom stereocenters. The van der Waals surface area contributed by atoms with Crippen molar-refractivity contribution in [1.82, 2.24) is 15.3 Å². The van der Waals surface area contributed by atoms with Crippen LogP contribution in [0, 0.1) is 0 Å². The number of hydrogen-bond donors (Lipinski definition) is 2. The minimum Gasteiger partial charge on any atom is -0.358 e. The summed E-state index contributed by atoms with van der Waals surface area (Å²) in [5, 5.41) is 7.12. The summed E-state index contributed by atoms with van der Waals surface area (Å²) in [5.74, 6) is 0.417. The molecule has 1 fully saturated rings. The average Bonchev–Trinajstić information content (AvgIpc) is 2.72. The van der Waals surface area contributed by atoms with Crippen LogP contribution in [0.25, 0.3) is 32.6 Å². The molecule has 0 saturated carbocycles. The van der Waals surface area contributed by atoms with Crippen LogP contribution >= 0.6 is 0 Å². The Morgan fingerprint density at radius 2 is 1.89 bits per heavy atom. The third-order valence-corrected chi connectivity index (χ3v) is 5.69. The minimum absolute atomic E-state index is 0.0435. The molecular formula is C22H22N4O. The van der Waals surface area contributed by atoms with Gasteiger partial charge in [-0.25, -0.2) is 4.98 Å². The van der Waals surface area contributed by atoms with Gasteiger partial charge in [0.2, 0.25) is 5.43 Å². The average molecular weight is 358 g/mol. The first-order valence-electron chi connectivity index (χ1n) is 9.70. The molecule has 1 aliphatic rings. The maximum Gasteiger partial charge on any atom is 0.210 e. The highest BCUT2D eigenvalue weighted by Crippen LogP contribution is 2.33. The van der Waals surface area contributed by atoms with Crippen LogP contribution in [0.2, 0.25) is 0 Å². The van der Waals surface area contributed by atoms with Crippen molar-refractivity contribution in [1.29, 1.82) is 0 Å². The van der Waals surface area contributed by atoms with Gasteiger partial charge in [0.1, 0.15) is 0 Å². The van der Waals surface area contributed by atoms with Crippen LogP contribution in [0.3, 0.4) is 0 Å². The van der Waals surface area contributed by atoms with Gasteiger partial charge >= 0.3 is 0 Å². The van der Waals surface area contributed by atoms with Gasteiger partial charge in [-0.2, -0.15) is 0 Å². The fraction of sp³-hybridized carbons (Fsp3) is 0.318. The van der Waals surface area contributed by atoms with Gasteiger partial charge in [-0.1, -0.05) is 24.3 Å². The Morgan fingerprint density at radius 1 is 1.11 bits per heavy atom. The van der Waals surface area contributed by atoms with Crippen molar-refractivity contribution < 1.29 is 0 Å². The van der Waals surface area contributed by atoms with Crippen molar-refractivity contribution in [3.63, 3.8) is 0 Å². The molecule has 0 aliphatic carbocycles. The van der Waals surface area contributed by atoms with E-state index in [0.29, 0.717) is 23.4 Å². The zero-order valence-corrected chi connectivity index (χ0v) is 15.4. The van der Waals surface area contributed by atoms with E-state index in [1.807, 2.05) is 37.4 Å². The number of aromatic amines is 1. The standard InChI is InChI=1S/C22H22N4O/c1-2-24-22-17(13-7-10-23-11-8-13)16-9-12-25-20-18(16)19(26-22)14-5-3-4-6-15(14)21(20)27/h3-6,9,12-13,23,25H,2,7-8,10-11H2,1H3. The van der Waals surface area contributed by atoms with E-state index in [4.69, 9.17) is 9.98 Å². The van der Waals surface area contributed by atoms with E-state index < -0.39 is 0 Å². The predicted octanol–water partition coefficient (Wildman–Crippen LogP) is 3.05. The molecule has 5 nitrogen and oxygen atoms in total. The van der Waals surface area contributed by atoms with E-state index in [2.05, 4.69) is 16.4 Å². The van der Waals surface area contributed by atoms with E-state index >= 15 is 0 Å². The highest BCUT2D eigenvalue weighted by molar-refractivity contribution is 6.18. The van der Waals surface area contributed by atoms with Crippen LogP contribution in [0.15, 0.2) is 46.3 Å². The monoisotopic (exact) mass is 358 g/mol. The molecular weight excluding hydrogens is 336 g/mol. The lowest BCUT2D eigenvalue weighted by Crippen LogP contribution is -2.30.